The molecule has 2 fully saturated rings. The van der Waals surface area contributed by atoms with Gasteiger partial charge in [0.15, 0.2) is 5.11 Å². The van der Waals surface area contributed by atoms with Crippen molar-refractivity contribution in [3.05, 3.63) is 34.6 Å². The first kappa shape index (κ1) is 17.9. The minimum atomic E-state index is -0.357. The molecule has 0 aromatic heterocycles. The van der Waals surface area contributed by atoms with Crippen LogP contribution >= 0.6 is 23.8 Å². The number of nitrogens with one attached hydrogen (secondary N) is 1. The Labute approximate surface area is 154 Å². The molecule has 0 radical (unpaired) electrons. The van der Waals surface area contributed by atoms with E-state index in [9.17, 15) is 4.39 Å². The summed E-state index contributed by atoms with van der Waals surface area (Å²) in [6.45, 7) is 4.60. The van der Waals surface area contributed by atoms with E-state index in [-0.39, 0.29) is 10.8 Å². The molecule has 1 aromatic carbocycles. The van der Waals surface area contributed by atoms with Gasteiger partial charge in [-0.25, -0.2) is 4.39 Å². The van der Waals surface area contributed by atoms with Gasteiger partial charge in [0.1, 0.15) is 5.82 Å². The fourth-order valence-electron chi connectivity index (χ4n) is 3.52. The number of hydrogen-bond acceptors (Lipinski definition) is 2. The SMILES string of the molecule is Fc1ccc(CN2CCN(C(=S)NC3CCCCC3)CC2)cc1Cl. The molecule has 1 saturated carbocycles. The lowest BCUT2D eigenvalue weighted by Crippen LogP contribution is -2.53. The van der Waals surface area contributed by atoms with Crippen molar-refractivity contribution in [2.24, 2.45) is 0 Å². The van der Waals surface area contributed by atoms with Crippen LogP contribution in [-0.4, -0.2) is 47.1 Å². The fraction of sp³-hybridized carbons (Fsp3) is 0.611. The van der Waals surface area contributed by atoms with E-state index in [4.69, 9.17) is 23.8 Å². The average molecular weight is 370 g/mol. The Hall–Kier alpha value is -0.910. The van der Waals surface area contributed by atoms with Crippen molar-refractivity contribution in [2.75, 3.05) is 26.2 Å². The molecule has 24 heavy (non-hydrogen) atoms. The number of piperazine rings is 1. The molecule has 132 valence electrons. The Morgan fingerprint density at radius 1 is 1.17 bits per heavy atom. The van der Waals surface area contributed by atoms with Crippen LogP contribution in [0.1, 0.15) is 37.7 Å². The summed E-state index contributed by atoms with van der Waals surface area (Å²) in [5, 5.41) is 4.65. The zero-order valence-corrected chi connectivity index (χ0v) is 15.5. The highest BCUT2D eigenvalue weighted by atomic mass is 35.5. The molecule has 1 aromatic rings. The molecule has 1 heterocycles. The third-order valence-corrected chi connectivity index (χ3v) is 5.65. The first-order valence-corrected chi connectivity index (χ1v) is 9.62. The predicted molar refractivity (Wildman–Crippen MR) is 101 cm³/mol. The summed E-state index contributed by atoms with van der Waals surface area (Å²) < 4.78 is 13.2. The van der Waals surface area contributed by atoms with Gasteiger partial charge in [-0.15, -0.1) is 0 Å². The van der Waals surface area contributed by atoms with Gasteiger partial charge in [-0.3, -0.25) is 4.90 Å². The van der Waals surface area contributed by atoms with Crippen LogP contribution in [0.4, 0.5) is 4.39 Å². The van der Waals surface area contributed by atoms with Gasteiger partial charge in [-0.1, -0.05) is 36.9 Å². The van der Waals surface area contributed by atoms with Gasteiger partial charge < -0.3 is 10.2 Å². The Kier molecular flexibility index (Phi) is 6.31. The van der Waals surface area contributed by atoms with Crippen molar-refractivity contribution in [2.45, 2.75) is 44.7 Å². The smallest absolute Gasteiger partial charge is 0.169 e. The van der Waals surface area contributed by atoms with Crippen molar-refractivity contribution < 1.29 is 4.39 Å². The van der Waals surface area contributed by atoms with Crippen molar-refractivity contribution in [3.8, 4) is 0 Å². The Balaban J connectivity index is 1.44. The Bertz CT molecular complexity index is 569. The van der Waals surface area contributed by atoms with Gasteiger partial charge in [0.25, 0.3) is 0 Å². The van der Waals surface area contributed by atoms with Gasteiger partial charge >= 0.3 is 0 Å². The van der Waals surface area contributed by atoms with Crippen LogP contribution in [0, 0.1) is 5.82 Å². The molecule has 0 atom stereocenters. The molecule has 6 heteroatoms. The zero-order valence-electron chi connectivity index (χ0n) is 13.9. The summed E-state index contributed by atoms with van der Waals surface area (Å²) in [6, 6.07) is 5.53. The summed E-state index contributed by atoms with van der Waals surface area (Å²) in [5.41, 5.74) is 1.05. The van der Waals surface area contributed by atoms with E-state index in [2.05, 4.69) is 15.1 Å². The van der Waals surface area contributed by atoms with E-state index in [1.807, 2.05) is 6.07 Å². The maximum Gasteiger partial charge on any atom is 0.169 e. The molecule has 3 nitrogen and oxygen atoms in total. The summed E-state index contributed by atoms with van der Waals surface area (Å²) in [4.78, 5) is 4.64. The summed E-state index contributed by atoms with van der Waals surface area (Å²) >= 11 is 11.5. The number of halogens is 2. The number of nitrogens with zero attached hydrogens (tertiary/aromatic N) is 2. The molecule has 3 rings (SSSR count). The van der Waals surface area contributed by atoms with E-state index in [1.165, 1.54) is 38.2 Å². The number of rotatable bonds is 3. The molecule has 2 aliphatic rings. The third kappa shape index (κ3) is 4.80. The van der Waals surface area contributed by atoms with Crippen LogP contribution in [0.25, 0.3) is 0 Å². The van der Waals surface area contributed by atoms with Crippen molar-refractivity contribution in [3.63, 3.8) is 0 Å². The number of thiocarbonyl (C=S) groups is 1. The largest absolute Gasteiger partial charge is 0.360 e. The average Bonchev–Trinajstić information content (AvgIpc) is 2.60. The number of hydrogen-bond donors (Lipinski definition) is 1. The topological polar surface area (TPSA) is 18.5 Å². The molecular weight excluding hydrogens is 345 g/mol. The van der Waals surface area contributed by atoms with Gasteiger partial charge in [0, 0.05) is 38.8 Å². The molecular formula is C18H25ClFN3S. The van der Waals surface area contributed by atoms with Crippen LogP contribution < -0.4 is 5.32 Å². The maximum absolute atomic E-state index is 13.2. The summed E-state index contributed by atoms with van der Waals surface area (Å²) in [7, 11) is 0. The van der Waals surface area contributed by atoms with Crippen LogP contribution in [0.15, 0.2) is 18.2 Å². The van der Waals surface area contributed by atoms with E-state index in [0.29, 0.717) is 6.04 Å². The Morgan fingerprint density at radius 2 is 1.88 bits per heavy atom. The van der Waals surface area contributed by atoms with Gasteiger partial charge in [0.05, 0.1) is 5.02 Å². The highest BCUT2D eigenvalue weighted by Gasteiger charge is 2.21. The van der Waals surface area contributed by atoms with E-state index >= 15 is 0 Å². The monoisotopic (exact) mass is 369 g/mol. The fourth-order valence-corrected chi connectivity index (χ4v) is 4.07. The second-order valence-electron chi connectivity index (χ2n) is 6.80. The van der Waals surface area contributed by atoms with Gasteiger partial charge in [-0.2, -0.15) is 0 Å². The second kappa shape index (κ2) is 8.45. The molecule has 1 N–H and O–H groups in total. The van der Waals surface area contributed by atoms with Gasteiger partial charge in [0.2, 0.25) is 0 Å². The predicted octanol–water partition coefficient (Wildman–Crippen LogP) is 3.80. The standard InChI is InChI=1S/C18H25ClFN3S/c19-16-12-14(6-7-17(16)20)13-22-8-10-23(11-9-22)18(24)21-15-4-2-1-3-5-15/h6-7,12,15H,1-5,8-11,13H2,(H,21,24). The van der Waals surface area contributed by atoms with Crippen LogP contribution in [0.5, 0.6) is 0 Å². The van der Waals surface area contributed by atoms with E-state index in [0.717, 1.165) is 43.4 Å². The highest BCUT2D eigenvalue weighted by Crippen LogP contribution is 2.19. The summed E-state index contributed by atoms with van der Waals surface area (Å²) in [5.74, 6) is -0.357. The Morgan fingerprint density at radius 3 is 2.54 bits per heavy atom. The molecule has 0 bridgehead atoms. The number of benzene rings is 1. The van der Waals surface area contributed by atoms with Crippen LogP contribution in [0.2, 0.25) is 5.02 Å². The van der Waals surface area contributed by atoms with E-state index in [1.54, 1.807) is 6.07 Å². The highest BCUT2D eigenvalue weighted by molar-refractivity contribution is 7.80. The molecule has 0 amide bonds. The lowest BCUT2D eigenvalue weighted by Gasteiger charge is -2.37. The molecule has 1 aliphatic heterocycles. The zero-order chi connectivity index (χ0) is 16.9. The van der Waals surface area contributed by atoms with Crippen LogP contribution in [-0.2, 0) is 6.54 Å². The minimum absolute atomic E-state index is 0.198. The normalized spacial score (nSPS) is 20.2. The third-order valence-electron chi connectivity index (χ3n) is 4.98. The van der Waals surface area contributed by atoms with Crippen molar-refractivity contribution >= 4 is 28.9 Å². The van der Waals surface area contributed by atoms with Gasteiger partial charge in [-0.05, 0) is 42.8 Å². The maximum atomic E-state index is 13.2. The molecule has 0 spiro atoms. The quantitative estimate of drug-likeness (QED) is 0.816. The second-order valence-corrected chi connectivity index (χ2v) is 7.59. The van der Waals surface area contributed by atoms with Crippen molar-refractivity contribution in [1.82, 2.24) is 15.1 Å². The lowest BCUT2D eigenvalue weighted by atomic mass is 9.96. The molecule has 0 unspecified atom stereocenters. The van der Waals surface area contributed by atoms with E-state index < -0.39 is 0 Å². The van der Waals surface area contributed by atoms with Crippen LogP contribution in [0.3, 0.4) is 0 Å². The first-order chi connectivity index (χ1) is 11.6. The lowest BCUT2D eigenvalue weighted by molar-refractivity contribution is 0.173. The summed E-state index contributed by atoms with van der Waals surface area (Å²) in [6.07, 6.45) is 6.47. The minimum Gasteiger partial charge on any atom is -0.360 e. The first-order valence-electron chi connectivity index (χ1n) is 8.83. The molecule has 1 aliphatic carbocycles. The molecule has 1 saturated heterocycles. The van der Waals surface area contributed by atoms with Crippen molar-refractivity contribution in [1.29, 1.82) is 0 Å².